The summed E-state index contributed by atoms with van der Waals surface area (Å²) in [5.41, 5.74) is -0.256. The number of carbonyl (C=O) groups is 1. The monoisotopic (exact) mass is 357 g/mol. The van der Waals surface area contributed by atoms with Crippen LogP contribution in [0.25, 0.3) is 0 Å². The highest BCUT2D eigenvalue weighted by atomic mass is 35.7. The van der Waals surface area contributed by atoms with Gasteiger partial charge in [-0.1, -0.05) is 11.6 Å². The highest BCUT2D eigenvalue weighted by Gasteiger charge is 2.23. The molecule has 0 saturated heterocycles. The third-order valence-corrected chi connectivity index (χ3v) is 4.47. The second kappa shape index (κ2) is 7.40. The Morgan fingerprint density at radius 2 is 2.05 bits per heavy atom. The molecule has 0 aliphatic rings. The molecule has 1 amide bonds. The predicted molar refractivity (Wildman–Crippen MR) is 77.9 cm³/mol. The Kier molecular flexibility index (Phi) is 6.40. The minimum absolute atomic E-state index is 0.256. The van der Waals surface area contributed by atoms with Crippen molar-refractivity contribution in [1.82, 2.24) is 4.90 Å². The van der Waals surface area contributed by atoms with Gasteiger partial charge in [0.1, 0.15) is 5.82 Å². The Labute approximate surface area is 132 Å². The summed E-state index contributed by atoms with van der Waals surface area (Å²) in [6, 6.07) is 1.64. The lowest BCUT2D eigenvalue weighted by atomic mass is 10.2. The molecule has 5 nitrogen and oxygen atoms in total. The van der Waals surface area contributed by atoms with Gasteiger partial charge in [0, 0.05) is 30.9 Å². The van der Waals surface area contributed by atoms with Gasteiger partial charge in [-0.05, 0) is 19.1 Å². The minimum Gasteiger partial charge on any atom is -0.383 e. The van der Waals surface area contributed by atoms with E-state index in [1.807, 2.05) is 0 Å². The highest BCUT2D eigenvalue weighted by molar-refractivity contribution is 8.13. The maximum Gasteiger partial charge on any atom is 0.261 e. The van der Waals surface area contributed by atoms with Crippen molar-refractivity contribution < 1.29 is 22.3 Å². The van der Waals surface area contributed by atoms with Crippen molar-refractivity contribution in [3.63, 3.8) is 0 Å². The van der Waals surface area contributed by atoms with Gasteiger partial charge in [-0.3, -0.25) is 4.79 Å². The topological polar surface area (TPSA) is 63.7 Å². The number of ether oxygens (including phenoxy) is 1. The van der Waals surface area contributed by atoms with E-state index in [2.05, 4.69) is 0 Å². The van der Waals surface area contributed by atoms with Gasteiger partial charge >= 0.3 is 0 Å². The van der Waals surface area contributed by atoms with E-state index >= 15 is 0 Å². The zero-order chi connectivity index (χ0) is 16.2. The van der Waals surface area contributed by atoms with Gasteiger partial charge in [0.05, 0.1) is 22.1 Å². The standard InChI is InChI=1S/C12H14Cl2FNO4S/c1-3-16(4-5-20-2)12(17)9-6-8(21(14,18)19)7-10(15)11(9)13/h6-7H,3-5H2,1-2H3. The van der Waals surface area contributed by atoms with Gasteiger partial charge in [-0.15, -0.1) is 0 Å². The van der Waals surface area contributed by atoms with Crippen LogP contribution in [0.15, 0.2) is 17.0 Å². The van der Waals surface area contributed by atoms with E-state index in [0.29, 0.717) is 12.6 Å². The first kappa shape index (κ1) is 18.2. The fraction of sp³-hybridized carbons (Fsp3) is 0.417. The second-order valence-corrected chi connectivity index (χ2v) is 7.03. The number of hydrogen-bond acceptors (Lipinski definition) is 4. The van der Waals surface area contributed by atoms with E-state index in [-0.39, 0.29) is 18.7 Å². The average molecular weight is 358 g/mol. The number of likely N-dealkylation sites (N-methyl/N-ethyl adjacent to an activating group) is 1. The predicted octanol–water partition coefficient (Wildman–Crippen LogP) is 2.52. The molecule has 1 aromatic carbocycles. The van der Waals surface area contributed by atoms with Crippen molar-refractivity contribution in [2.75, 3.05) is 26.8 Å². The lowest BCUT2D eigenvalue weighted by Crippen LogP contribution is -2.34. The van der Waals surface area contributed by atoms with Crippen LogP contribution in [0.2, 0.25) is 5.02 Å². The summed E-state index contributed by atoms with van der Waals surface area (Å²) in [6.45, 7) is 2.60. The normalized spacial score (nSPS) is 11.5. The largest absolute Gasteiger partial charge is 0.383 e. The number of benzene rings is 1. The molecule has 1 rings (SSSR count). The van der Waals surface area contributed by atoms with Gasteiger partial charge in [0.2, 0.25) is 0 Å². The number of rotatable bonds is 6. The first-order valence-electron chi connectivity index (χ1n) is 5.94. The summed E-state index contributed by atoms with van der Waals surface area (Å²) in [4.78, 5) is 13.2. The lowest BCUT2D eigenvalue weighted by Gasteiger charge is -2.21. The maximum absolute atomic E-state index is 13.7. The summed E-state index contributed by atoms with van der Waals surface area (Å²) < 4.78 is 41.2. The fourth-order valence-electron chi connectivity index (χ4n) is 1.64. The summed E-state index contributed by atoms with van der Waals surface area (Å²) in [7, 11) is 2.48. The third-order valence-electron chi connectivity index (χ3n) is 2.75. The smallest absolute Gasteiger partial charge is 0.261 e. The van der Waals surface area contributed by atoms with Gasteiger partial charge in [-0.2, -0.15) is 0 Å². The van der Waals surface area contributed by atoms with E-state index in [9.17, 15) is 17.6 Å². The number of amides is 1. The number of halogens is 3. The third kappa shape index (κ3) is 4.54. The SMILES string of the molecule is CCN(CCOC)C(=O)c1cc(S(=O)(=O)Cl)cc(F)c1Cl. The molecular weight excluding hydrogens is 344 g/mol. The van der Waals surface area contributed by atoms with Crippen LogP contribution in [0, 0.1) is 5.82 Å². The van der Waals surface area contributed by atoms with E-state index in [0.717, 1.165) is 6.07 Å². The van der Waals surface area contributed by atoms with Gasteiger partial charge in [0.15, 0.2) is 0 Å². The molecule has 0 aliphatic heterocycles. The maximum atomic E-state index is 13.7. The Bertz CT molecular complexity index is 636. The molecular formula is C12H14Cl2FNO4S. The molecule has 0 radical (unpaired) electrons. The summed E-state index contributed by atoms with van der Waals surface area (Å²) in [6.07, 6.45) is 0. The van der Waals surface area contributed by atoms with Crippen molar-refractivity contribution in [3.8, 4) is 0 Å². The molecule has 0 aliphatic carbocycles. The highest BCUT2D eigenvalue weighted by Crippen LogP contribution is 2.27. The molecule has 0 spiro atoms. The summed E-state index contributed by atoms with van der Waals surface area (Å²) >= 11 is 5.75. The molecule has 0 aromatic heterocycles. The Morgan fingerprint density at radius 3 is 2.52 bits per heavy atom. The molecule has 0 bridgehead atoms. The quantitative estimate of drug-likeness (QED) is 0.733. The Balaban J connectivity index is 3.28. The van der Waals surface area contributed by atoms with Crippen molar-refractivity contribution >= 4 is 37.2 Å². The first-order chi connectivity index (χ1) is 9.72. The van der Waals surface area contributed by atoms with Crippen molar-refractivity contribution in [1.29, 1.82) is 0 Å². The number of nitrogens with zero attached hydrogens (tertiary/aromatic N) is 1. The number of carbonyl (C=O) groups excluding carboxylic acids is 1. The van der Waals surface area contributed by atoms with E-state index in [1.54, 1.807) is 6.92 Å². The zero-order valence-electron chi connectivity index (χ0n) is 11.4. The molecule has 118 valence electrons. The van der Waals surface area contributed by atoms with Crippen LogP contribution in [0.4, 0.5) is 4.39 Å². The van der Waals surface area contributed by atoms with E-state index < -0.39 is 30.7 Å². The van der Waals surface area contributed by atoms with Gasteiger partial charge in [-0.25, -0.2) is 12.8 Å². The van der Waals surface area contributed by atoms with Crippen LogP contribution in [0.1, 0.15) is 17.3 Å². The van der Waals surface area contributed by atoms with Crippen LogP contribution in [-0.2, 0) is 13.8 Å². The van der Waals surface area contributed by atoms with Crippen molar-refractivity contribution in [3.05, 3.63) is 28.5 Å². The van der Waals surface area contributed by atoms with E-state index in [1.165, 1.54) is 12.0 Å². The van der Waals surface area contributed by atoms with Crippen LogP contribution in [0.3, 0.4) is 0 Å². The van der Waals surface area contributed by atoms with Crippen molar-refractivity contribution in [2.45, 2.75) is 11.8 Å². The van der Waals surface area contributed by atoms with Gasteiger partial charge < -0.3 is 9.64 Å². The molecule has 0 N–H and O–H groups in total. The number of hydrogen-bond donors (Lipinski definition) is 0. The van der Waals surface area contributed by atoms with Crippen LogP contribution in [0.5, 0.6) is 0 Å². The van der Waals surface area contributed by atoms with Gasteiger partial charge in [0.25, 0.3) is 15.0 Å². The summed E-state index contributed by atoms with van der Waals surface area (Å²) in [5, 5.41) is -0.445. The molecule has 0 fully saturated rings. The van der Waals surface area contributed by atoms with Crippen LogP contribution < -0.4 is 0 Å². The minimum atomic E-state index is -4.17. The molecule has 21 heavy (non-hydrogen) atoms. The molecule has 0 atom stereocenters. The van der Waals surface area contributed by atoms with Crippen LogP contribution >= 0.6 is 22.3 Å². The first-order valence-corrected chi connectivity index (χ1v) is 8.63. The Hall–Kier alpha value is -0.890. The van der Waals surface area contributed by atoms with Crippen molar-refractivity contribution in [2.24, 2.45) is 0 Å². The zero-order valence-corrected chi connectivity index (χ0v) is 13.7. The average Bonchev–Trinajstić information content (AvgIpc) is 2.41. The lowest BCUT2D eigenvalue weighted by molar-refractivity contribution is 0.0706. The molecule has 0 saturated carbocycles. The molecule has 0 unspecified atom stereocenters. The van der Waals surface area contributed by atoms with E-state index in [4.69, 9.17) is 27.0 Å². The summed E-state index contributed by atoms with van der Waals surface area (Å²) in [5.74, 6) is -1.62. The molecule has 0 heterocycles. The second-order valence-electron chi connectivity index (χ2n) is 4.08. The fourth-order valence-corrected chi connectivity index (χ4v) is 2.60. The Morgan fingerprint density at radius 1 is 1.43 bits per heavy atom. The van der Waals surface area contributed by atoms with Crippen LogP contribution in [-0.4, -0.2) is 46.0 Å². The molecule has 9 heteroatoms. The molecule has 1 aromatic rings. The number of methoxy groups -OCH3 is 1.